The molecule has 2 aromatic rings. The van der Waals surface area contributed by atoms with E-state index in [9.17, 15) is 22.8 Å². The molecule has 0 bridgehead atoms. The minimum Gasteiger partial charge on any atom is -0.327 e. The fraction of sp³-hybridized carbons (Fsp3) is 0.455. The van der Waals surface area contributed by atoms with Crippen molar-refractivity contribution >= 4 is 17.6 Å². The summed E-state index contributed by atoms with van der Waals surface area (Å²) in [4.78, 5) is 35.3. The summed E-state index contributed by atoms with van der Waals surface area (Å²) in [6.07, 6.45) is -0.537. The highest BCUT2D eigenvalue weighted by atomic mass is 19.4. The number of pyridine rings is 2. The third-order valence-electron chi connectivity index (χ3n) is 5.87. The Labute approximate surface area is 177 Å². The van der Waals surface area contributed by atoms with Gasteiger partial charge in [-0.1, -0.05) is 6.07 Å². The van der Waals surface area contributed by atoms with Crippen molar-refractivity contribution in [2.75, 3.05) is 5.32 Å². The van der Waals surface area contributed by atoms with Gasteiger partial charge in [0, 0.05) is 41.6 Å². The molecule has 3 heterocycles. The first-order chi connectivity index (χ1) is 14.6. The molecule has 1 fully saturated rings. The van der Waals surface area contributed by atoms with Gasteiger partial charge in [-0.05, 0) is 50.3 Å². The molecular weight excluding hydrogens is 409 g/mol. The van der Waals surface area contributed by atoms with Crippen LogP contribution in [0.5, 0.6) is 0 Å². The summed E-state index contributed by atoms with van der Waals surface area (Å²) in [5.74, 6) is 0.184. The second-order valence-electron chi connectivity index (χ2n) is 8.21. The van der Waals surface area contributed by atoms with E-state index in [-0.39, 0.29) is 30.2 Å². The quantitative estimate of drug-likeness (QED) is 0.737. The standard InChI is InChI=1S/C22H23F3N4O2/c1-12-9-15(10-27-18(12)5-7-22(23,24)25)13(2)29-11-17-16(21(29)31)6-8-26-19(17)28-20(30)14-3-4-14/h6,8-10,13-14H,3-5,7,11H2,1-2H3,(H,26,28,30). The highest BCUT2D eigenvalue weighted by Gasteiger charge is 2.36. The molecule has 1 saturated carbocycles. The molecule has 2 amide bonds. The first-order valence-corrected chi connectivity index (χ1v) is 10.3. The van der Waals surface area contributed by atoms with Crippen molar-refractivity contribution < 1.29 is 22.8 Å². The Balaban J connectivity index is 1.51. The molecule has 0 radical (unpaired) electrons. The van der Waals surface area contributed by atoms with E-state index in [0.29, 0.717) is 34.7 Å². The minimum atomic E-state index is -4.23. The van der Waals surface area contributed by atoms with E-state index in [0.717, 1.165) is 18.4 Å². The number of hydrogen-bond donors (Lipinski definition) is 1. The Hall–Kier alpha value is -2.97. The van der Waals surface area contributed by atoms with Crippen LogP contribution >= 0.6 is 0 Å². The number of rotatable bonds is 6. The van der Waals surface area contributed by atoms with Gasteiger partial charge in [0.25, 0.3) is 5.91 Å². The predicted octanol–water partition coefficient (Wildman–Crippen LogP) is 4.35. The Bertz CT molecular complexity index is 1030. The molecule has 31 heavy (non-hydrogen) atoms. The van der Waals surface area contributed by atoms with Gasteiger partial charge in [0.05, 0.1) is 12.6 Å². The molecule has 9 heteroatoms. The monoisotopic (exact) mass is 432 g/mol. The summed E-state index contributed by atoms with van der Waals surface area (Å²) in [5, 5.41) is 2.83. The molecule has 0 saturated heterocycles. The molecule has 6 nitrogen and oxygen atoms in total. The third kappa shape index (κ3) is 4.55. The molecule has 1 atom stereocenters. The zero-order valence-electron chi connectivity index (χ0n) is 17.3. The van der Waals surface area contributed by atoms with E-state index >= 15 is 0 Å². The van der Waals surface area contributed by atoms with Crippen LogP contribution in [0.3, 0.4) is 0 Å². The fourth-order valence-corrected chi connectivity index (χ4v) is 3.79. The maximum atomic E-state index is 13.0. The van der Waals surface area contributed by atoms with Crippen LogP contribution in [0.1, 0.15) is 65.0 Å². The van der Waals surface area contributed by atoms with Crippen molar-refractivity contribution in [3.63, 3.8) is 0 Å². The second kappa shape index (κ2) is 7.94. The first-order valence-electron chi connectivity index (χ1n) is 10.3. The van der Waals surface area contributed by atoms with Crippen LogP contribution < -0.4 is 5.32 Å². The average Bonchev–Trinajstić information content (AvgIpc) is 3.50. The largest absolute Gasteiger partial charge is 0.389 e. The normalized spacial score (nSPS) is 16.9. The Morgan fingerprint density at radius 3 is 2.71 bits per heavy atom. The van der Waals surface area contributed by atoms with Crippen LogP contribution in [0.25, 0.3) is 0 Å². The third-order valence-corrected chi connectivity index (χ3v) is 5.87. The van der Waals surface area contributed by atoms with E-state index in [2.05, 4.69) is 15.3 Å². The van der Waals surface area contributed by atoms with Crippen LogP contribution in [0, 0.1) is 12.8 Å². The number of alkyl halides is 3. The molecule has 2 aliphatic rings. The summed E-state index contributed by atoms with van der Waals surface area (Å²) < 4.78 is 37.5. The number of carbonyl (C=O) groups is 2. The average molecular weight is 432 g/mol. The summed E-state index contributed by atoms with van der Waals surface area (Å²) in [7, 11) is 0. The highest BCUT2D eigenvalue weighted by molar-refractivity contribution is 6.02. The van der Waals surface area contributed by atoms with E-state index in [1.54, 1.807) is 24.0 Å². The lowest BCUT2D eigenvalue weighted by molar-refractivity contribution is -0.134. The van der Waals surface area contributed by atoms with Gasteiger partial charge < -0.3 is 10.2 Å². The van der Waals surface area contributed by atoms with Crippen molar-refractivity contribution in [2.24, 2.45) is 5.92 Å². The summed E-state index contributed by atoms with van der Waals surface area (Å²) in [6.45, 7) is 3.87. The molecule has 0 spiro atoms. The predicted molar refractivity (Wildman–Crippen MR) is 107 cm³/mol. The number of fused-ring (bicyclic) bond motifs is 1. The van der Waals surface area contributed by atoms with Crippen LogP contribution in [0.4, 0.5) is 19.0 Å². The zero-order valence-corrected chi connectivity index (χ0v) is 17.3. The van der Waals surface area contributed by atoms with E-state index in [1.807, 2.05) is 6.92 Å². The number of aromatic nitrogens is 2. The first kappa shape index (κ1) is 21.3. The van der Waals surface area contributed by atoms with E-state index in [4.69, 9.17) is 0 Å². The van der Waals surface area contributed by atoms with Crippen molar-refractivity contribution in [3.05, 3.63) is 52.5 Å². The number of nitrogens with one attached hydrogen (secondary N) is 1. The summed E-state index contributed by atoms with van der Waals surface area (Å²) in [6, 6.07) is 3.09. The lowest BCUT2D eigenvalue weighted by Crippen LogP contribution is -2.27. The van der Waals surface area contributed by atoms with Crippen molar-refractivity contribution in [1.29, 1.82) is 0 Å². The molecule has 1 aliphatic heterocycles. The highest BCUT2D eigenvalue weighted by Crippen LogP contribution is 2.36. The summed E-state index contributed by atoms with van der Waals surface area (Å²) >= 11 is 0. The van der Waals surface area contributed by atoms with Crippen molar-refractivity contribution in [3.8, 4) is 0 Å². The molecule has 164 valence electrons. The van der Waals surface area contributed by atoms with Gasteiger partial charge in [-0.3, -0.25) is 14.6 Å². The van der Waals surface area contributed by atoms with Crippen LogP contribution in [-0.4, -0.2) is 32.9 Å². The van der Waals surface area contributed by atoms with Gasteiger partial charge in [0.15, 0.2) is 0 Å². The Morgan fingerprint density at radius 1 is 1.32 bits per heavy atom. The van der Waals surface area contributed by atoms with Gasteiger partial charge in [-0.25, -0.2) is 4.98 Å². The van der Waals surface area contributed by atoms with Gasteiger partial charge in [0.1, 0.15) is 5.82 Å². The Kier molecular flexibility index (Phi) is 5.45. The fourth-order valence-electron chi connectivity index (χ4n) is 3.79. The number of halogens is 3. The molecular formula is C22H23F3N4O2. The number of nitrogens with zero attached hydrogens (tertiary/aromatic N) is 3. The van der Waals surface area contributed by atoms with Crippen LogP contribution in [0.2, 0.25) is 0 Å². The van der Waals surface area contributed by atoms with Crippen molar-refractivity contribution in [1.82, 2.24) is 14.9 Å². The maximum absolute atomic E-state index is 13.0. The number of aryl methyl sites for hydroxylation is 2. The molecule has 1 aliphatic carbocycles. The molecule has 4 rings (SSSR count). The SMILES string of the molecule is Cc1cc(C(C)N2Cc3c(ccnc3NC(=O)C3CC3)C2=O)cnc1CCC(F)(F)F. The van der Waals surface area contributed by atoms with Gasteiger partial charge in [-0.2, -0.15) is 13.2 Å². The van der Waals surface area contributed by atoms with E-state index < -0.39 is 12.6 Å². The lowest BCUT2D eigenvalue weighted by Gasteiger charge is -2.25. The number of carbonyl (C=O) groups excluding carboxylic acids is 2. The van der Waals surface area contributed by atoms with Gasteiger partial charge >= 0.3 is 6.18 Å². The zero-order chi connectivity index (χ0) is 22.3. The van der Waals surface area contributed by atoms with Crippen LogP contribution in [0.15, 0.2) is 24.5 Å². The number of hydrogen-bond acceptors (Lipinski definition) is 4. The topological polar surface area (TPSA) is 75.2 Å². The smallest absolute Gasteiger partial charge is 0.327 e. The van der Waals surface area contributed by atoms with Crippen molar-refractivity contribution in [2.45, 2.75) is 58.3 Å². The molecule has 1 unspecified atom stereocenters. The molecule has 0 aromatic carbocycles. The number of anilines is 1. The maximum Gasteiger partial charge on any atom is 0.389 e. The van der Waals surface area contributed by atoms with Crippen LogP contribution in [-0.2, 0) is 17.8 Å². The van der Waals surface area contributed by atoms with Gasteiger partial charge in [0.2, 0.25) is 5.91 Å². The van der Waals surface area contributed by atoms with Gasteiger partial charge in [-0.15, -0.1) is 0 Å². The minimum absolute atomic E-state index is 0.0229. The Morgan fingerprint density at radius 2 is 2.06 bits per heavy atom. The molecule has 1 N–H and O–H groups in total. The number of amides is 2. The summed E-state index contributed by atoms with van der Waals surface area (Å²) in [5.41, 5.74) is 2.99. The van der Waals surface area contributed by atoms with E-state index in [1.165, 1.54) is 12.4 Å². The lowest BCUT2D eigenvalue weighted by atomic mass is 10.0. The second-order valence-corrected chi connectivity index (χ2v) is 8.21. The molecule has 2 aromatic heterocycles.